The van der Waals surface area contributed by atoms with Crippen LogP contribution in [-0.2, 0) is 10.2 Å². The maximum absolute atomic E-state index is 9.66. The molecule has 1 aromatic rings. The highest BCUT2D eigenvalue weighted by atomic mass is 16.5. The molecule has 0 spiro atoms. The van der Waals surface area contributed by atoms with Crippen molar-refractivity contribution in [3.05, 3.63) is 35.9 Å². The van der Waals surface area contributed by atoms with Crippen LogP contribution in [-0.4, -0.2) is 36.6 Å². The fourth-order valence-corrected chi connectivity index (χ4v) is 2.02. The van der Waals surface area contributed by atoms with E-state index < -0.39 is 5.41 Å². The maximum atomic E-state index is 9.66. The molecule has 19 heavy (non-hydrogen) atoms. The first kappa shape index (κ1) is 16.2. The maximum Gasteiger partial charge on any atom is 0.0550 e. The topological polar surface area (TPSA) is 49.7 Å². The van der Waals surface area contributed by atoms with Crippen LogP contribution in [0.15, 0.2) is 30.3 Å². The number of ether oxygens (including phenoxy) is 1. The Hall–Kier alpha value is -0.900. The largest absolute Gasteiger partial charge is 0.395 e. The number of aliphatic hydroxyl groups is 2. The molecule has 3 nitrogen and oxygen atoms in total. The molecule has 108 valence electrons. The molecular formula is C16H26O3. The smallest absolute Gasteiger partial charge is 0.0550 e. The van der Waals surface area contributed by atoms with Crippen LogP contribution in [0.5, 0.6) is 0 Å². The van der Waals surface area contributed by atoms with Crippen LogP contribution in [0.3, 0.4) is 0 Å². The Labute approximate surface area is 116 Å². The molecule has 0 unspecified atom stereocenters. The van der Waals surface area contributed by atoms with E-state index in [-0.39, 0.29) is 13.2 Å². The molecule has 1 aromatic carbocycles. The lowest BCUT2D eigenvalue weighted by Crippen LogP contribution is -2.36. The van der Waals surface area contributed by atoms with Crippen LogP contribution in [0, 0.1) is 5.92 Å². The molecule has 0 heterocycles. The fourth-order valence-electron chi connectivity index (χ4n) is 2.02. The minimum absolute atomic E-state index is 0.0684. The predicted octanol–water partition coefficient (Wildman–Crippen LogP) is 2.36. The van der Waals surface area contributed by atoms with Crippen LogP contribution >= 0.6 is 0 Å². The van der Waals surface area contributed by atoms with E-state index in [0.29, 0.717) is 18.9 Å². The van der Waals surface area contributed by atoms with Crippen LogP contribution in [0.4, 0.5) is 0 Å². The van der Waals surface area contributed by atoms with Crippen molar-refractivity contribution in [2.75, 3.05) is 26.4 Å². The van der Waals surface area contributed by atoms with E-state index in [1.165, 1.54) is 0 Å². The zero-order valence-electron chi connectivity index (χ0n) is 12.0. The van der Waals surface area contributed by atoms with Crippen molar-refractivity contribution in [1.82, 2.24) is 0 Å². The molecule has 0 aliphatic carbocycles. The summed E-state index contributed by atoms with van der Waals surface area (Å²) in [7, 11) is 0. The van der Waals surface area contributed by atoms with Crippen molar-refractivity contribution in [3.63, 3.8) is 0 Å². The molecule has 1 rings (SSSR count). The first-order chi connectivity index (χ1) is 9.14. The SMILES string of the molecule is CC(C)CCOCCC(CO)(CO)c1ccccc1. The molecular weight excluding hydrogens is 240 g/mol. The number of hydrogen-bond donors (Lipinski definition) is 2. The molecule has 0 aliphatic heterocycles. The van der Waals surface area contributed by atoms with Gasteiger partial charge in [0.15, 0.2) is 0 Å². The normalized spacial score (nSPS) is 12.1. The van der Waals surface area contributed by atoms with Crippen LogP contribution in [0.1, 0.15) is 32.3 Å². The first-order valence-corrected chi connectivity index (χ1v) is 6.99. The van der Waals surface area contributed by atoms with E-state index in [4.69, 9.17) is 4.74 Å². The van der Waals surface area contributed by atoms with Crippen molar-refractivity contribution in [3.8, 4) is 0 Å². The Morgan fingerprint density at radius 3 is 2.21 bits per heavy atom. The van der Waals surface area contributed by atoms with Gasteiger partial charge in [0.2, 0.25) is 0 Å². The lowest BCUT2D eigenvalue weighted by atomic mass is 9.79. The fraction of sp³-hybridized carbons (Fsp3) is 0.625. The summed E-state index contributed by atoms with van der Waals surface area (Å²) in [6.45, 7) is 5.49. The Bertz CT molecular complexity index is 331. The third-order valence-electron chi connectivity index (χ3n) is 3.56. The summed E-state index contributed by atoms with van der Waals surface area (Å²) in [4.78, 5) is 0. The number of aliphatic hydroxyl groups excluding tert-OH is 2. The lowest BCUT2D eigenvalue weighted by Gasteiger charge is -2.30. The molecule has 0 saturated heterocycles. The highest BCUT2D eigenvalue weighted by molar-refractivity contribution is 5.25. The second-order valence-electron chi connectivity index (χ2n) is 5.51. The summed E-state index contributed by atoms with van der Waals surface area (Å²) in [6, 6.07) is 9.67. The zero-order chi connectivity index (χ0) is 14.1. The molecule has 0 radical (unpaired) electrons. The van der Waals surface area contributed by atoms with Gasteiger partial charge in [-0.1, -0.05) is 44.2 Å². The lowest BCUT2D eigenvalue weighted by molar-refractivity contribution is 0.0591. The monoisotopic (exact) mass is 266 g/mol. The molecule has 0 saturated carbocycles. The molecule has 3 heteroatoms. The van der Waals surface area contributed by atoms with Gasteiger partial charge < -0.3 is 14.9 Å². The van der Waals surface area contributed by atoms with Gasteiger partial charge in [0.25, 0.3) is 0 Å². The average Bonchev–Trinajstić information content (AvgIpc) is 2.44. The third kappa shape index (κ3) is 4.94. The van der Waals surface area contributed by atoms with Gasteiger partial charge in [-0.3, -0.25) is 0 Å². The van der Waals surface area contributed by atoms with E-state index in [1.807, 2.05) is 30.3 Å². The number of benzene rings is 1. The quantitative estimate of drug-likeness (QED) is 0.675. The van der Waals surface area contributed by atoms with E-state index in [1.54, 1.807) is 0 Å². The second kappa shape index (κ2) is 8.31. The van der Waals surface area contributed by atoms with Crippen molar-refractivity contribution in [1.29, 1.82) is 0 Å². The van der Waals surface area contributed by atoms with Crippen molar-refractivity contribution in [2.45, 2.75) is 32.1 Å². The molecule has 2 N–H and O–H groups in total. The average molecular weight is 266 g/mol. The Kier molecular flexibility index (Phi) is 7.06. The van der Waals surface area contributed by atoms with E-state index in [0.717, 1.165) is 18.6 Å². The Morgan fingerprint density at radius 2 is 1.68 bits per heavy atom. The van der Waals surface area contributed by atoms with Crippen molar-refractivity contribution >= 4 is 0 Å². The van der Waals surface area contributed by atoms with Gasteiger partial charge in [-0.25, -0.2) is 0 Å². The summed E-state index contributed by atoms with van der Waals surface area (Å²) in [6.07, 6.45) is 1.67. The van der Waals surface area contributed by atoms with Crippen molar-refractivity contribution in [2.24, 2.45) is 5.92 Å². The summed E-state index contributed by atoms with van der Waals surface area (Å²) < 4.78 is 5.60. The Morgan fingerprint density at radius 1 is 1.05 bits per heavy atom. The minimum atomic E-state index is -0.598. The number of rotatable bonds is 9. The molecule has 0 amide bonds. The summed E-state index contributed by atoms with van der Waals surface area (Å²) in [5.74, 6) is 0.634. The zero-order valence-corrected chi connectivity index (χ0v) is 12.0. The molecule has 0 aromatic heterocycles. The van der Waals surface area contributed by atoms with Gasteiger partial charge in [0.05, 0.1) is 13.2 Å². The van der Waals surface area contributed by atoms with Gasteiger partial charge in [0.1, 0.15) is 0 Å². The van der Waals surface area contributed by atoms with Gasteiger partial charge in [-0.05, 0) is 24.3 Å². The summed E-state index contributed by atoms with van der Waals surface area (Å²) in [5, 5.41) is 19.3. The highest BCUT2D eigenvalue weighted by Gasteiger charge is 2.30. The van der Waals surface area contributed by atoms with Gasteiger partial charge >= 0.3 is 0 Å². The summed E-state index contributed by atoms with van der Waals surface area (Å²) >= 11 is 0. The first-order valence-electron chi connectivity index (χ1n) is 6.99. The highest BCUT2D eigenvalue weighted by Crippen LogP contribution is 2.27. The van der Waals surface area contributed by atoms with E-state index >= 15 is 0 Å². The minimum Gasteiger partial charge on any atom is -0.395 e. The Balaban J connectivity index is 2.53. The van der Waals surface area contributed by atoms with Gasteiger partial charge in [-0.15, -0.1) is 0 Å². The van der Waals surface area contributed by atoms with Crippen LogP contribution in [0.25, 0.3) is 0 Å². The molecule has 0 aliphatic rings. The van der Waals surface area contributed by atoms with Gasteiger partial charge in [0, 0.05) is 18.6 Å². The van der Waals surface area contributed by atoms with Crippen molar-refractivity contribution < 1.29 is 14.9 Å². The summed E-state index contributed by atoms with van der Waals surface area (Å²) in [5.41, 5.74) is 0.367. The second-order valence-corrected chi connectivity index (χ2v) is 5.51. The molecule has 0 bridgehead atoms. The predicted molar refractivity (Wildman–Crippen MR) is 77.2 cm³/mol. The van der Waals surface area contributed by atoms with E-state index in [9.17, 15) is 10.2 Å². The third-order valence-corrected chi connectivity index (χ3v) is 3.56. The van der Waals surface area contributed by atoms with Gasteiger partial charge in [-0.2, -0.15) is 0 Å². The standard InChI is InChI=1S/C16H26O3/c1-14(2)8-10-19-11-9-16(12-17,13-18)15-6-4-3-5-7-15/h3-7,14,17-18H,8-13H2,1-2H3. The van der Waals surface area contributed by atoms with Crippen LogP contribution < -0.4 is 0 Å². The molecule has 0 atom stereocenters. The van der Waals surface area contributed by atoms with Crippen LogP contribution in [0.2, 0.25) is 0 Å². The number of hydrogen-bond acceptors (Lipinski definition) is 3. The van der Waals surface area contributed by atoms with E-state index in [2.05, 4.69) is 13.8 Å². The molecule has 0 fully saturated rings.